The lowest BCUT2D eigenvalue weighted by Crippen LogP contribution is -2.19. The van der Waals surface area contributed by atoms with Gasteiger partial charge in [-0.3, -0.25) is 4.79 Å². The van der Waals surface area contributed by atoms with Crippen molar-refractivity contribution in [2.75, 3.05) is 5.32 Å². The zero-order valence-corrected chi connectivity index (χ0v) is 17.1. The third kappa shape index (κ3) is 4.60. The van der Waals surface area contributed by atoms with Crippen LogP contribution in [0.2, 0.25) is 0 Å². The lowest BCUT2D eigenvalue weighted by atomic mass is 9.98. The fourth-order valence-corrected chi connectivity index (χ4v) is 3.36. The summed E-state index contributed by atoms with van der Waals surface area (Å²) in [5.41, 5.74) is 3.77. The summed E-state index contributed by atoms with van der Waals surface area (Å²) in [5, 5.41) is 12.8. The number of carbonyl (C=O) groups is 1. The summed E-state index contributed by atoms with van der Waals surface area (Å²) < 4.78 is 2.20. The molecule has 0 unspecified atom stereocenters. The normalized spacial score (nSPS) is 11.8. The van der Waals surface area contributed by atoms with Gasteiger partial charge in [-0.2, -0.15) is 0 Å². The average molecular weight is 380 g/mol. The van der Waals surface area contributed by atoms with Gasteiger partial charge in [0.05, 0.1) is 16.6 Å². The summed E-state index contributed by atoms with van der Waals surface area (Å²) in [7, 11) is 0. The molecule has 0 bridgehead atoms. The Bertz CT molecular complexity index is 966. The summed E-state index contributed by atoms with van der Waals surface area (Å²) in [6, 6.07) is 13.4. The lowest BCUT2D eigenvalue weighted by molar-refractivity contribution is 0.0714. The van der Waals surface area contributed by atoms with Crippen LogP contribution in [-0.4, -0.2) is 26.2 Å². The van der Waals surface area contributed by atoms with Gasteiger partial charge in [-0.15, -0.1) is 0 Å². The number of carbonyl (C=O) groups excluding carboxylic acids is 1. The second-order valence-corrected chi connectivity index (χ2v) is 7.79. The molecule has 0 radical (unpaired) electrons. The fraction of sp³-hybridized carbons (Fsp3) is 0.391. The van der Waals surface area contributed by atoms with Crippen LogP contribution >= 0.6 is 0 Å². The highest BCUT2D eigenvalue weighted by molar-refractivity contribution is 6.05. The van der Waals surface area contributed by atoms with E-state index in [9.17, 15) is 9.90 Å². The number of nitrogens with zero attached hydrogens (tertiary/aromatic N) is 2. The Morgan fingerprint density at radius 3 is 2.46 bits per heavy atom. The highest BCUT2D eigenvalue weighted by Crippen LogP contribution is 2.22. The van der Waals surface area contributed by atoms with Crippen molar-refractivity contribution in [3.8, 4) is 0 Å². The van der Waals surface area contributed by atoms with E-state index < -0.39 is 5.60 Å². The number of hydrogen-bond acceptors (Lipinski definition) is 3. The molecule has 3 aromatic rings. The van der Waals surface area contributed by atoms with E-state index in [1.165, 1.54) is 0 Å². The quantitative estimate of drug-likeness (QED) is 0.632. The molecule has 3 rings (SSSR count). The van der Waals surface area contributed by atoms with Crippen molar-refractivity contribution in [2.24, 2.45) is 0 Å². The van der Waals surface area contributed by atoms with Gasteiger partial charge in [0.25, 0.3) is 5.91 Å². The third-order valence-corrected chi connectivity index (χ3v) is 4.96. The van der Waals surface area contributed by atoms with Crippen LogP contribution in [0.1, 0.15) is 55.9 Å². The predicted octanol–water partition coefficient (Wildman–Crippen LogP) is 4.57. The Kier molecular flexibility index (Phi) is 5.84. The van der Waals surface area contributed by atoms with E-state index in [1.807, 2.05) is 42.5 Å². The molecule has 5 nitrogen and oxygen atoms in total. The maximum absolute atomic E-state index is 12.6. The topological polar surface area (TPSA) is 67.2 Å². The zero-order valence-electron chi connectivity index (χ0n) is 17.1. The Balaban J connectivity index is 1.72. The molecule has 2 aromatic carbocycles. The first-order valence-corrected chi connectivity index (χ1v) is 9.92. The molecule has 0 fully saturated rings. The van der Waals surface area contributed by atoms with Crippen molar-refractivity contribution >= 4 is 22.6 Å². The Morgan fingerprint density at radius 1 is 1.14 bits per heavy atom. The molecule has 0 aliphatic heterocycles. The van der Waals surface area contributed by atoms with Gasteiger partial charge in [-0.25, -0.2) is 4.98 Å². The molecule has 148 valence electrons. The maximum atomic E-state index is 12.6. The van der Waals surface area contributed by atoms with Crippen LogP contribution in [0.15, 0.2) is 42.5 Å². The molecule has 28 heavy (non-hydrogen) atoms. The number of benzene rings is 2. The number of imidazole rings is 1. The first-order valence-electron chi connectivity index (χ1n) is 9.92. The molecule has 0 saturated carbocycles. The molecule has 1 aromatic heterocycles. The minimum absolute atomic E-state index is 0.140. The van der Waals surface area contributed by atoms with Crippen molar-refractivity contribution < 1.29 is 9.90 Å². The van der Waals surface area contributed by atoms with Gasteiger partial charge in [-0.1, -0.05) is 19.1 Å². The molecule has 1 heterocycles. The minimum atomic E-state index is -0.683. The van der Waals surface area contributed by atoms with Gasteiger partial charge in [0.1, 0.15) is 5.82 Å². The van der Waals surface area contributed by atoms with Crippen molar-refractivity contribution in [3.05, 3.63) is 59.4 Å². The van der Waals surface area contributed by atoms with Crippen LogP contribution in [0.5, 0.6) is 0 Å². The Hall–Kier alpha value is -2.66. The summed E-state index contributed by atoms with van der Waals surface area (Å²) in [6.45, 7) is 8.70. The third-order valence-electron chi connectivity index (χ3n) is 4.96. The Labute approximate surface area is 166 Å². The number of amides is 1. The number of aromatic nitrogens is 2. The van der Waals surface area contributed by atoms with Crippen molar-refractivity contribution in [3.63, 3.8) is 0 Å². The highest BCUT2D eigenvalue weighted by Gasteiger charge is 2.13. The van der Waals surface area contributed by atoms with Crippen molar-refractivity contribution in [1.82, 2.24) is 9.55 Å². The summed E-state index contributed by atoms with van der Waals surface area (Å²) >= 11 is 0. The molecule has 0 saturated heterocycles. The predicted molar refractivity (Wildman–Crippen MR) is 114 cm³/mol. The standard InChI is InChI=1S/C23H29N3O2/c1-5-21-25-19-15-18(11-12-20(19)26(21)6-2)24-22(27)17-9-7-16(8-10-17)13-14-23(3,4)28/h7-12,15,28H,5-6,13-14H2,1-4H3,(H,24,27). The van der Waals surface area contributed by atoms with Crippen LogP contribution in [0.4, 0.5) is 5.69 Å². The first kappa shape index (κ1) is 20.1. The summed E-state index contributed by atoms with van der Waals surface area (Å²) in [4.78, 5) is 17.3. The molecular weight excluding hydrogens is 350 g/mol. The van der Waals surface area contributed by atoms with Crippen LogP contribution in [0.25, 0.3) is 11.0 Å². The van der Waals surface area contributed by atoms with Crippen LogP contribution < -0.4 is 5.32 Å². The van der Waals surface area contributed by atoms with Gasteiger partial charge in [0.15, 0.2) is 0 Å². The molecule has 0 aliphatic carbocycles. The van der Waals surface area contributed by atoms with Gasteiger partial charge < -0.3 is 15.0 Å². The van der Waals surface area contributed by atoms with E-state index in [1.54, 1.807) is 13.8 Å². The molecule has 5 heteroatoms. The van der Waals surface area contributed by atoms with E-state index in [4.69, 9.17) is 0 Å². The molecule has 2 N–H and O–H groups in total. The minimum Gasteiger partial charge on any atom is -0.390 e. The molecule has 1 amide bonds. The summed E-state index contributed by atoms with van der Waals surface area (Å²) in [6.07, 6.45) is 2.34. The van der Waals surface area contributed by atoms with E-state index in [0.29, 0.717) is 12.0 Å². The number of fused-ring (bicyclic) bond motifs is 1. The van der Waals surface area contributed by atoms with Gasteiger partial charge in [0, 0.05) is 24.2 Å². The zero-order chi connectivity index (χ0) is 20.3. The molecule has 0 spiro atoms. The number of nitrogens with one attached hydrogen (secondary N) is 1. The monoisotopic (exact) mass is 379 g/mol. The largest absolute Gasteiger partial charge is 0.390 e. The van der Waals surface area contributed by atoms with Crippen LogP contribution in [0.3, 0.4) is 0 Å². The van der Waals surface area contributed by atoms with E-state index in [2.05, 4.69) is 28.7 Å². The molecular formula is C23H29N3O2. The first-order chi connectivity index (χ1) is 13.3. The number of aliphatic hydroxyl groups is 1. The Morgan fingerprint density at radius 2 is 1.86 bits per heavy atom. The fourth-order valence-electron chi connectivity index (χ4n) is 3.36. The lowest BCUT2D eigenvalue weighted by Gasteiger charge is -2.16. The maximum Gasteiger partial charge on any atom is 0.255 e. The average Bonchev–Trinajstić information content (AvgIpc) is 3.03. The summed E-state index contributed by atoms with van der Waals surface area (Å²) in [5.74, 6) is 0.918. The van der Waals surface area contributed by atoms with E-state index in [0.717, 1.165) is 47.5 Å². The number of rotatable bonds is 7. The SMILES string of the molecule is CCc1nc2cc(NC(=O)c3ccc(CCC(C)(C)O)cc3)ccc2n1CC. The number of hydrogen-bond donors (Lipinski definition) is 2. The van der Waals surface area contributed by atoms with Crippen LogP contribution in [-0.2, 0) is 19.4 Å². The van der Waals surface area contributed by atoms with E-state index >= 15 is 0 Å². The van der Waals surface area contributed by atoms with Crippen molar-refractivity contribution in [2.45, 2.75) is 59.1 Å². The van der Waals surface area contributed by atoms with Gasteiger partial charge >= 0.3 is 0 Å². The number of aryl methyl sites for hydroxylation is 3. The van der Waals surface area contributed by atoms with Crippen LogP contribution in [0, 0.1) is 0 Å². The molecule has 0 atom stereocenters. The van der Waals surface area contributed by atoms with E-state index in [-0.39, 0.29) is 5.91 Å². The number of anilines is 1. The van der Waals surface area contributed by atoms with Gasteiger partial charge in [-0.05, 0) is 69.5 Å². The molecule has 0 aliphatic rings. The smallest absolute Gasteiger partial charge is 0.255 e. The van der Waals surface area contributed by atoms with Crippen molar-refractivity contribution in [1.29, 1.82) is 0 Å². The van der Waals surface area contributed by atoms with Gasteiger partial charge in [0.2, 0.25) is 0 Å². The second-order valence-electron chi connectivity index (χ2n) is 7.79. The highest BCUT2D eigenvalue weighted by atomic mass is 16.3. The second kappa shape index (κ2) is 8.15.